The highest BCUT2D eigenvalue weighted by molar-refractivity contribution is 7.98. The molecule has 8 unspecified atom stereocenters. The number of aliphatic imine (C=N–C) groups is 1. The average molecular weight is 1630 g/mol. The molecule has 0 bridgehead atoms. The van der Waals surface area contributed by atoms with Gasteiger partial charge in [0.25, 0.3) is 0 Å². The van der Waals surface area contributed by atoms with E-state index in [2.05, 4.69) is 97.5 Å². The van der Waals surface area contributed by atoms with E-state index in [0.717, 1.165) is 215 Å². The van der Waals surface area contributed by atoms with Crippen molar-refractivity contribution in [2.45, 2.75) is 69.6 Å². The van der Waals surface area contributed by atoms with E-state index in [1.807, 2.05) is 23.5 Å². The standard InChI is InChI=1S/C42H89N11O8S.C24H44N2O8S.C11H23N3/c1-62-25-24-49-14-22-53(23-15-49)29-41(57)33-61-37-42(34-58-30-38(54)26-50-16-8-46(5-2-43)9-17-50,35-59-31-39(55)27-51-18-10-47(6-3-44)11-19-51)36-60-32-40(56)28-52-20-12-48(7-4-45)13-21-52;1-35-7-6-25-2-4-26(5-3-25)8-20(27)9-28-16-24(17-29-10-21-13-32-21,18-30-11-22-14-33-22)19-31-12-23-15-34-23;1-10(2)11(3)13-6-9-14-7-4-12-5-8-14/h38-41,54-57H,2-37,43-45H2,1H3;20-23,27H,2-19H2,1H3;10,12H,4-9H2,1-3H3. The zero-order valence-electron chi connectivity index (χ0n) is 69.3. The van der Waals surface area contributed by atoms with E-state index in [0.29, 0.717) is 105 Å². The van der Waals surface area contributed by atoms with Crippen molar-refractivity contribution in [1.82, 2.24) is 59.2 Å². The van der Waals surface area contributed by atoms with Crippen molar-refractivity contribution in [2.75, 3.05) is 405 Å². The minimum absolute atomic E-state index is 0.119. The maximum atomic E-state index is 11.1. The van der Waals surface area contributed by atoms with Gasteiger partial charge in [0.1, 0.15) is 18.3 Å². The maximum Gasteiger partial charge on any atom is 0.104 e. The smallest absolute Gasteiger partial charge is 0.104 e. The fourth-order valence-electron chi connectivity index (χ4n) is 14.5. The lowest BCUT2D eigenvalue weighted by atomic mass is 9.92. The van der Waals surface area contributed by atoms with E-state index in [1.165, 1.54) is 24.6 Å². The van der Waals surface area contributed by atoms with Gasteiger partial charge < -0.3 is 100 Å². The first-order chi connectivity index (χ1) is 54.0. The summed E-state index contributed by atoms with van der Waals surface area (Å²) in [5, 5.41) is 58.5. The van der Waals surface area contributed by atoms with E-state index in [4.69, 9.17) is 69.3 Å². The van der Waals surface area contributed by atoms with Crippen LogP contribution < -0.4 is 22.5 Å². The molecule has 0 amide bonds. The molecule has 9 rings (SSSR count). The summed E-state index contributed by atoms with van der Waals surface area (Å²) >= 11 is 3.75. The number of ether oxygens (including phenoxy) is 11. The fourth-order valence-corrected chi connectivity index (χ4v) is 15.4. The molecule has 8 atom stereocenters. The van der Waals surface area contributed by atoms with Gasteiger partial charge in [-0.2, -0.15) is 23.5 Å². The van der Waals surface area contributed by atoms with Crippen LogP contribution in [0.1, 0.15) is 20.8 Å². The first-order valence-corrected chi connectivity index (χ1v) is 44.9. The Morgan fingerprint density at radius 3 is 0.847 bits per heavy atom. The lowest BCUT2D eigenvalue weighted by Crippen LogP contribution is -2.51. The number of rotatable bonds is 58. The molecule has 111 heavy (non-hydrogen) atoms. The lowest BCUT2D eigenvalue weighted by molar-refractivity contribution is -0.135. The van der Waals surface area contributed by atoms with Crippen molar-refractivity contribution in [3.8, 4) is 0 Å². The van der Waals surface area contributed by atoms with E-state index < -0.39 is 41.3 Å². The third-order valence-electron chi connectivity index (χ3n) is 22.0. The van der Waals surface area contributed by atoms with Gasteiger partial charge >= 0.3 is 0 Å². The van der Waals surface area contributed by atoms with Crippen molar-refractivity contribution >= 4 is 29.2 Å². The summed E-state index contributed by atoms with van der Waals surface area (Å²) in [7, 11) is 0. The van der Waals surface area contributed by atoms with E-state index in [-0.39, 0.29) is 77.8 Å². The number of nitrogens with two attached hydrogens (primary N) is 3. The van der Waals surface area contributed by atoms with Gasteiger partial charge in [-0.05, 0) is 25.4 Å². The Hall–Kier alpha value is -0.870. The average Bonchev–Trinajstić information content (AvgIpc) is 1.68. The normalized spacial score (nSPS) is 24.8. The van der Waals surface area contributed by atoms with Crippen LogP contribution in [0.25, 0.3) is 0 Å². The summed E-state index contributed by atoms with van der Waals surface area (Å²) in [6, 6.07) is 0. The number of aliphatic hydroxyl groups is 5. The predicted octanol–water partition coefficient (Wildman–Crippen LogP) is -4.22. The van der Waals surface area contributed by atoms with E-state index in [1.54, 1.807) is 0 Å². The van der Waals surface area contributed by atoms with Crippen LogP contribution in [0.4, 0.5) is 0 Å². The summed E-state index contributed by atoms with van der Waals surface area (Å²) in [4.78, 5) is 30.5. The SMILES string of the molecule is CC(=NCCN1CCNCC1)C(C)C.CSCCN1CCN(CC(O)COCC(COCC(O)CN2CCN(CCN)CC2)(COCC(O)CN2CCN(CCN)CC2)COCC(O)CN2CCN(CCN)CC2)CC1.CSCCN1CCN(CC(O)COCC(COCC2CO2)(COCC2CO2)COCC2CO2)CC1. The minimum Gasteiger partial charge on any atom is -0.389 e. The molecule has 9 fully saturated rings. The molecular weight excluding hydrogens is 1470 g/mol. The maximum absolute atomic E-state index is 11.1. The van der Waals surface area contributed by atoms with Crippen LogP contribution in [0.3, 0.4) is 0 Å². The molecule has 0 aromatic heterocycles. The van der Waals surface area contributed by atoms with E-state index in [9.17, 15) is 25.5 Å². The molecular formula is C77H156N16O16S2. The Balaban J connectivity index is 0.000000288. The quantitative estimate of drug-likeness (QED) is 0.0206. The van der Waals surface area contributed by atoms with Gasteiger partial charge in [0, 0.05) is 266 Å². The molecule has 12 N–H and O–H groups in total. The Bertz CT molecular complexity index is 2170. The Kier molecular flexibility index (Phi) is 50.3. The molecule has 0 aromatic carbocycles. The molecule has 32 nitrogen and oxygen atoms in total. The van der Waals surface area contributed by atoms with Crippen LogP contribution in [0.15, 0.2) is 4.99 Å². The predicted molar refractivity (Wildman–Crippen MR) is 441 cm³/mol. The van der Waals surface area contributed by atoms with Crippen LogP contribution in [0.5, 0.6) is 0 Å². The van der Waals surface area contributed by atoms with Crippen molar-refractivity contribution in [3.05, 3.63) is 0 Å². The third kappa shape index (κ3) is 43.8. The summed E-state index contributed by atoms with van der Waals surface area (Å²) in [5.74, 6) is 2.89. The summed E-state index contributed by atoms with van der Waals surface area (Å²) in [6.45, 7) is 48.4. The third-order valence-corrected chi connectivity index (χ3v) is 23.2. The second-order valence-electron chi connectivity index (χ2n) is 32.6. The van der Waals surface area contributed by atoms with Crippen molar-refractivity contribution < 1.29 is 77.6 Å². The largest absolute Gasteiger partial charge is 0.389 e. The van der Waals surface area contributed by atoms with Gasteiger partial charge in [0.05, 0.1) is 173 Å². The lowest BCUT2D eigenvalue weighted by Gasteiger charge is -2.37. The second-order valence-corrected chi connectivity index (χ2v) is 34.6. The van der Waals surface area contributed by atoms with Gasteiger partial charge in [-0.15, -0.1) is 0 Å². The van der Waals surface area contributed by atoms with Crippen molar-refractivity contribution in [2.24, 2.45) is 38.9 Å². The Morgan fingerprint density at radius 1 is 0.378 bits per heavy atom. The molecule has 9 saturated heterocycles. The molecule has 9 aliphatic heterocycles. The number of hydrogen-bond acceptors (Lipinski definition) is 34. The van der Waals surface area contributed by atoms with Crippen molar-refractivity contribution in [1.29, 1.82) is 0 Å². The number of epoxide rings is 3. The molecule has 652 valence electrons. The number of nitrogens with zero attached hydrogens (tertiary/aromatic N) is 12. The highest BCUT2D eigenvalue weighted by atomic mass is 32.2. The molecule has 34 heteroatoms. The Labute approximate surface area is 676 Å². The van der Waals surface area contributed by atoms with Gasteiger partial charge in [0.15, 0.2) is 0 Å². The number of nitrogens with one attached hydrogen (secondary N) is 1. The fraction of sp³-hybridized carbons (Fsp3) is 0.987. The molecule has 9 aliphatic rings. The monoisotopic (exact) mass is 1630 g/mol. The zero-order chi connectivity index (χ0) is 79.2. The van der Waals surface area contributed by atoms with Crippen LogP contribution in [0, 0.1) is 16.7 Å². The molecule has 0 saturated carbocycles. The van der Waals surface area contributed by atoms with Crippen LogP contribution in [-0.4, -0.2) is 539 Å². The van der Waals surface area contributed by atoms with Crippen molar-refractivity contribution in [3.63, 3.8) is 0 Å². The first kappa shape index (κ1) is 97.3. The van der Waals surface area contributed by atoms with E-state index >= 15 is 0 Å². The van der Waals surface area contributed by atoms with Crippen LogP contribution in [-0.2, 0) is 52.1 Å². The topological polar surface area (TPSA) is 351 Å². The minimum atomic E-state index is -0.850. The number of aliphatic hydroxyl groups excluding tert-OH is 5. The van der Waals surface area contributed by atoms with Gasteiger partial charge in [-0.1, -0.05) is 13.8 Å². The van der Waals surface area contributed by atoms with Gasteiger partial charge in [-0.3, -0.25) is 58.9 Å². The zero-order valence-corrected chi connectivity index (χ0v) is 70.9. The molecule has 0 aliphatic carbocycles. The van der Waals surface area contributed by atoms with Crippen LogP contribution >= 0.6 is 23.5 Å². The molecule has 0 radical (unpaired) electrons. The van der Waals surface area contributed by atoms with Gasteiger partial charge in [0.2, 0.25) is 0 Å². The second kappa shape index (κ2) is 57.4. The summed E-state index contributed by atoms with van der Waals surface area (Å²) in [6.07, 6.45) is 1.56. The number of hydrogen-bond donors (Lipinski definition) is 9. The summed E-state index contributed by atoms with van der Waals surface area (Å²) < 4.78 is 65.1. The molecule has 0 spiro atoms. The first-order valence-electron chi connectivity index (χ1n) is 42.1. The summed E-state index contributed by atoms with van der Waals surface area (Å²) in [5.41, 5.74) is 17.2. The highest BCUT2D eigenvalue weighted by Crippen LogP contribution is 2.26. The molecule has 9 heterocycles. The number of thioether (sulfide) groups is 2. The Morgan fingerprint density at radius 2 is 0.613 bits per heavy atom. The van der Waals surface area contributed by atoms with Gasteiger partial charge in [-0.25, -0.2) is 0 Å². The number of β-amino-alcohol motifs (C(OH)–C–C–N with tert-alkyl or cyclic N) is 5. The molecule has 0 aromatic rings. The van der Waals surface area contributed by atoms with Crippen LogP contribution in [0.2, 0.25) is 0 Å². The number of piperazine rings is 6. The highest BCUT2D eigenvalue weighted by Gasteiger charge is 2.38.